The van der Waals surface area contributed by atoms with Gasteiger partial charge in [-0.3, -0.25) is 9.59 Å². The molecular weight excluding hydrogens is 470 g/mol. The number of carbonyl (C=O) groups is 2. The molecule has 5 rings (SSSR count). The van der Waals surface area contributed by atoms with E-state index >= 15 is 0 Å². The second kappa shape index (κ2) is 9.94. The summed E-state index contributed by atoms with van der Waals surface area (Å²) in [6.45, 7) is 0.00329. The Hall–Kier alpha value is -3.89. The van der Waals surface area contributed by atoms with Crippen molar-refractivity contribution in [2.24, 2.45) is 0 Å². The van der Waals surface area contributed by atoms with Crippen LogP contribution in [0.25, 0.3) is 0 Å². The van der Waals surface area contributed by atoms with Gasteiger partial charge in [0.05, 0.1) is 17.1 Å². The second-order valence-electron chi connectivity index (χ2n) is 7.27. The van der Waals surface area contributed by atoms with Gasteiger partial charge < -0.3 is 20.3 Å². The first-order valence-electron chi connectivity index (χ1n) is 10.4. The molecule has 1 aromatic heterocycles. The third kappa shape index (κ3) is 5.19. The molecule has 34 heavy (non-hydrogen) atoms. The number of anilines is 4. The second-order valence-corrected chi connectivity index (χ2v) is 9.47. The van der Waals surface area contributed by atoms with E-state index in [0.29, 0.717) is 20.8 Å². The average Bonchev–Trinajstić information content (AvgIpc) is 3.31. The molecule has 4 aromatic rings. The molecule has 2 amide bonds. The number of thioether (sulfide) groups is 1. The summed E-state index contributed by atoms with van der Waals surface area (Å²) in [5.74, 6) is 1.29. The predicted octanol–water partition coefficient (Wildman–Crippen LogP) is 5.15. The van der Waals surface area contributed by atoms with Crippen LogP contribution in [-0.4, -0.2) is 34.3 Å². The summed E-state index contributed by atoms with van der Waals surface area (Å²) in [7, 11) is 0. The Kier molecular flexibility index (Phi) is 6.41. The van der Waals surface area contributed by atoms with Crippen molar-refractivity contribution in [1.29, 1.82) is 0 Å². The molecule has 1 aliphatic rings. The molecule has 2 N–H and O–H groups in total. The molecule has 170 valence electrons. The van der Waals surface area contributed by atoms with E-state index in [1.165, 1.54) is 28.0 Å². The summed E-state index contributed by atoms with van der Waals surface area (Å²) in [5.41, 5.74) is 2.19. The minimum atomic E-state index is -0.209. The molecule has 10 heteroatoms. The van der Waals surface area contributed by atoms with E-state index in [2.05, 4.69) is 20.8 Å². The topological polar surface area (TPSA) is 96.5 Å². The summed E-state index contributed by atoms with van der Waals surface area (Å²) in [6.07, 6.45) is 0. The summed E-state index contributed by atoms with van der Waals surface area (Å²) in [4.78, 5) is 26.3. The Morgan fingerprint density at radius 1 is 1.00 bits per heavy atom. The molecule has 0 unspecified atom stereocenters. The van der Waals surface area contributed by atoms with Crippen molar-refractivity contribution in [3.8, 4) is 11.5 Å². The van der Waals surface area contributed by atoms with Crippen LogP contribution < -0.4 is 20.3 Å². The molecule has 8 nitrogen and oxygen atoms in total. The third-order valence-electron chi connectivity index (χ3n) is 4.88. The molecule has 0 aliphatic carbocycles. The normalized spacial score (nSPS) is 12.6. The predicted molar refractivity (Wildman–Crippen MR) is 134 cm³/mol. The zero-order valence-corrected chi connectivity index (χ0v) is 19.4. The van der Waals surface area contributed by atoms with E-state index in [0.717, 1.165) is 17.2 Å². The number of nitrogens with one attached hydrogen (secondary N) is 2. The summed E-state index contributed by atoms with van der Waals surface area (Å²) < 4.78 is 6.46. The van der Waals surface area contributed by atoms with Gasteiger partial charge in [-0.1, -0.05) is 53.4 Å². The van der Waals surface area contributed by atoms with E-state index < -0.39 is 0 Å². The Bertz CT molecular complexity index is 1310. The minimum Gasteiger partial charge on any atom is -0.457 e. The number of ether oxygens (including phenoxy) is 1. The number of hydrogen-bond donors (Lipinski definition) is 2. The van der Waals surface area contributed by atoms with Crippen LogP contribution in [0, 0.1) is 0 Å². The number of aromatic nitrogens is 2. The van der Waals surface area contributed by atoms with E-state index in [9.17, 15) is 9.59 Å². The van der Waals surface area contributed by atoms with Gasteiger partial charge in [-0.25, -0.2) is 0 Å². The van der Waals surface area contributed by atoms with Gasteiger partial charge in [0.15, 0.2) is 4.34 Å². The molecule has 2 heterocycles. The number of para-hydroxylation sites is 3. The van der Waals surface area contributed by atoms with Gasteiger partial charge >= 0.3 is 0 Å². The van der Waals surface area contributed by atoms with Crippen molar-refractivity contribution in [2.45, 2.75) is 4.34 Å². The zero-order chi connectivity index (χ0) is 23.3. The van der Waals surface area contributed by atoms with Crippen LogP contribution in [-0.2, 0) is 9.59 Å². The van der Waals surface area contributed by atoms with Crippen LogP contribution in [0.3, 0.4) is 0 Å². The molecule has 0 spiro atoms. The highest BCUT2D eigenvalue weighted by Gasteiger charge is 2.26. The van der Waals surface area contributed by atoms with Crippen molar-refractivity contribution < 1.29 is 14.3 Å². The van der Waals surface area contributed by atoms with Crippen LogP contribution in [0.2, 0.25) is 0 Å². The monoisotopic (exact) mass is 489 g/mol. The smallest absolute Gasteiger partial charge is 0.244 e. The lowest BCUT2D eigenvalue weighted by Crippen LogP contribution is -2.43. The van der Waals surface area contributed by atoms with E-state index in [1.807, 2.05) is 72.8 Å². The van der Waals surface area contributed by atoms with Gasteiger partial charge in [0.1, 0.15) is 18.0 Å². The lowest BCUT2D eigenvalue weighted by atomic mass is 10.2. The minimum absolute atomic E-state index is 0.00329. The van der Waals surface area contributed by atoms with Crippen LogP contribution in [0.5, 0.6) is 11.5 Å². The van der Waals surface area contributed by atoms with Crippen molar-refractivity contribution in [3.05, 3.63) is 78.9 Å². The Morgan fingerprint density at radius 2 is 1.74 bits per heavy atom. The maximum Gasteiger partial charge on any atom is 0.244 e. The van der Waals surface area contributed by atoms with Gasteiger partial charge in [-0.05, 0) is 48.5 Å². The number of fused-ring (bicyclic) bond motifs is 1. The molecule has 0 saturated carbocycles. The van der Waals surface area contributed by atoms with Crippen molar-refractivity contribution in [3.63, 3.8) is 0 Å². The van der Waals surface area contributed by atoms with E-state index in [-0.39, 0.29) is 24.1 Å². The summed E-state index contributed by atoms with van der Waals surface area (Å²) >= 11 is 2.65. The highest BCUT2D eigenvalue weighted by atomic mass is 32.2. The Balaban J connectivity index is 1.17. The molecule has 0 fully saturated rings. The lowest BCUT2D eigenvalue weighted by molar-refractivity contribution is -0.120. The van der Waals surface area contributed by atoms with Crippen LogP contribution in [0.15, 0.2) is 83.2 Å². The maximum atomic E-state index is 12.8. The fourth-order valence-corrected chi connectivity index (χ4v) is 4.98. The number of amides is 2. The zero-order valence-electron chi connectivity index (χ0n) is 17.8. The SMILES string of the molecule is O=C1CN(C(=O)CSc2nnc(Nc3ccc(Oc4ccccc4)cc3)s2)c2ccccc2N1. The van der Waals surface area contributed by atoms with E-state index in [1.54, 1.807) is 6.07 Å². The number of rotatable bonds is 7. The molecule has 0 bridgehead atoms. The Labute approximate surface area is 204 Å². The molecule has 1 aliphatic heterocycles. The number of benzene rings is 3. The average molecular weight is 490 g/mol. The van der Waals surface area contributed by atoms with Gasteiger partial charge in [0, 0.05) is 5.69 Å². The molecule has 3 aromatic carbocycles. The Morgan fingerprint density at radius 3 is 2.56 bits per heavy atom. The molecular formula is C24H19N5O3S2. The van der Waals surface area contributed by atoms with Crippen LogP contribution in [0.4, 0.5) is 22.2 Å². The number of hydrogen-bond acceptors (Lipinski definition) is 8. The third-order valence-corrected chi connectivity index (χ3v) is 6.84. The van der Waals surface area contributed by atoms with Gasteiger partial charge in [-0.15, -0.1) is 10.2 Å². The number of carbonyl (C=O) groups excluding carboxylic acids is 2. The first-order chi connectivity index (χ1) is 16.6. The molecule has 0 radical (unpaired) electrons. The fraction of sp³-hybridized carbons (Fsp3) is 0.0833. The number of nitrogens with zero attached hydrogens (tertiary/aromatic N) is 3. The fourth-order valence-electron chi connectivity index (χ4n) is 3.33. The van der Waals surface area contributed by atoms with Gasteiger partial charge in [-0.2, -0.15) is 0 Å². The lowest BCUT2D eigenvalue weighted by Gasteiger charge is -2.28. The van der Waals surface area contributed by atoms with Gasteiger partial charge in [0.2, 0.25) is 16.9 Å². The maximum absolute atomic E-state index is 12.8. The van der Waals surface area contributed by atoms with Crippen molar-refractivity contribution in [1.82, 2.24) is 10.2 Å². The standard InChI is InChI=1S/C24H19N5O3S2/c30-21-14-29(20-9-5-4-8-19(20)26-21)22(31)15-33-24-28-27-23(34-24)25-16-10-12-18(13-11-16)32-17-6-2-1-3-7-17/h1-13H,14-15H2,(H,25,27)(H,26,30). The summed E-state index contributed by atoms with van der Waals surface area (Å²) in [6, 6.07) is 24.4. The highest BCUT2D eigenvalue weighted by molar-refractivity contribution is 8.01. The van der Waals surface area contributed by atoms with Crippen molar-refractivity contribution in [2.75, 3.05) is 27.8 Å². The first-order valence-corrected chi connectivity index (χ1v) is 12.2. The molecule has 0 atom stereocenters. The highest BCUT2D eigenvalue weighted by Crippen LogP contribution is 2.32. The van der Waals surface area contributed by atoms with E-state index in [4.69, 9.17) is 4.74 Å². The van der Waals surface area contributed by atoms with Crippen LogP contribution >= 0.6 is 23.1 Å². The van der Waals surface area contributed by atoms with Crippen molar-refractivity contribution >= 4 is 57.1 Å². The first kappa shape index (κ1) is 21.9. The quantitative estimate of drug-likeness (QED) is 0.347. The summed E-state index contributed by atoms with van der Waals surface area (Å²) in [5, 5.41) is 14.9. The van der Waals surface area contributed by atoms with Crippen LogP contribution in [0.1, 0.15) is 0 Å². The molecule has 0 saturated heterocycles. The van der Waals surface area contributed by atoms with Gasteiger partial charge in [0.25, 0.3) is 0 Å². The largest absolute Gasteiger partial charge is 0.457 e.